The van der Waals surface area contributed by atoms with E-state index in [1.54, 1.807) is 0 Å². The Hall–Kier alpha value is -1.37. The van der Waals surface area contributed by atoms with E-state index in [4.69, 9.17) is 5.26 Å². The van der Waals surface area contributed by atoms with Crippen molar-refractivity contribution in [2.24, 2.45) is 0 Å². The molecule has 0 atom stereocenters. The van der Waals surface area contributed by atoms with Crippen molar-refractivity contribution in [2.45, 2.75) is 19.8 Å². The molecule has 10 heavy (non-hydrogen) atoms. The SMILES string of the molecule is CC(C)c1nonc1C#N. The highest BCUT2D eigenvalue weighted by molar-refractivity contribution is 5.24. The zero-order valence-corrected chi connectivity index (χ0v) is 5.83. The molecule has 1 rings (SSSR count). The number of hydrogen-bond donors (Lipinski definition) is 0. The number of aromatic nitrogens is 2. The number of hydrogen-bond acceptors (Lipinski definition) is 4. The molecular formula is C6H7N3O. The lowest BCUT2D eigenvalue weighted by atomic mass is 10.1. The molecule has 0 fully saturated rings. The van der Waals surface area contributed by atoms with Crippen LogP contribution in [0.3, 0.4) is 0 Å². The van der Waals surface area contributed by atoms with Gasteiger partial charge in [-0.05, 0) is 5.16 Å². The summed E-state index contributed by atoms with van der Waals surface area (Å²) in [7, 11) is 0. The second kappa shape index (κ2) is 2.48. The highest BCUT2D eigenvalue weighted by Gasteiger charge is 2.11. The summed E-state index contributed by atoms with van der Waals surface area (Å²) in [6.45, 7) is 3.86. The molecule has 0 amide bonds. The van der Waals surface area contributed by atoms with E-state index in [1.807, 2.05) is 19.9 Å². The van der Waals surface area contributed by atoms with E-state index in [0.717, 1.165) is 0 Å². The van der Waals surface area contributed by atoms with Gasteiger partial charge in [0, 0.05) is 5.92 Å². The van der Waals surface area contributed by atoms with Gasteiger partial charge in [0.2, 0.25) is 5.69 Å². The van der Waals surface area contributed by atoms with E-state index in [2.05, 4.69) is 14.9 Å². The van der Waals surface area contributed by atoms with E-state index in [-0.39, 0.29) is 11.6 Å². The Labute approximate surface area is 58.4 Å². The van der Waals surface area contributed by atoms with Crippen LogP contribution in [0.25, 0.3) is 0 Å². The molecular weight excluding hydrogens is 130 g/mol. The molecule has 0 saturated heterocycles. The Morgan fingerprint density at radius 2 is 2.20 bits per heavy atom. The number of nitriles is 1. The molecule has 4 nitrogen and oxygen atoms in total. The molecule has 0 spiro atoms. The standard InChI is InChI=1S/C6H7N3O/c1-4(2)6-5(3-7)8-10-9-6/h4H,1-2H3. The van der Waals surface area contributed by atoms with Gasteiger partial charge in [-0.3, -0.25) is 0 Å². The van der Waals surface area contributed by atoms with E-state index < -0.39 is 0 Å². The fourth-order valence-electron chi connectivity index (χ4n) is 0.652. The highest BCUT2D eigenvalue weighted by atomic mass is 16.6. The minimum absolute atomic E-state index is 0.195. The average molecular weight is 137 g/mol. The van der Waals surface area contributed by atoms with Gasteiger partial charge in [0.1, 0.15) is 11.8 Å². The normalized spacial score (nSPS) is 9.80. The molecule has 0 N–H and O–H groups in total. The van der Waals surface area contributed by atoms with Crippen molar-refractivity contribution in [3.63, 3.8) is 0 Å². The van der Waals surface area contributed by atoms with Crippen molar-refractivity contribution >= 4 is 0 Å². The second-order valence-electron chi connectivity index (χ2n) is 2.26. The maximum atomic E-state index is 8.44. The van der Waals surface area contributed by atoms with Gasteiger partial charge in [0.15, 0.2) is 0 Å². The number of rotatable bonds is 1. The largest absolute Gasteiger partial charge is 0.243 e. The first-order valence-electron chi connectivity index (χ1n) is 2.98. The van der Waals surface area contributed by atoms with Crippen molar-refractivity contribution in [1.29, 1.82) is 5.26 Å². The Bertz CT molecular complexity index is 258. The lowest BCUT2D eigenvalue weighted by Gasteiger charge is -1.93. The quantitative estimate of drug-likeness (QED) is 0.580. The van der Waals surface area contributed by atoms with Crippen LogP contribution in [-0.4, -0.2) is 10.3 Å². The zero-order valence-electron chi connectivity index (χ0n) is 5.83. The molecule has 0 aliphatic rings. The van der Waals surface area contributed by atoms with Crippen molar-refractivity contribution in [2.75, 3.05) is 0 Å². The fraction of sp³-hybridized carbons (Fsp3) is 0.500. The van der Waals surface area contributed by atoms with Crippen LogP contribution in [-0.2, 0) is 0 Å². The summed E-state index contributed by atoms with van der Waals surface area (Å²) in [4.78, 5) is 0. The summed E-state index contributed by atoms with van der Waals surface area (Å²) >= 11 is 0. The molecule has 0 saturated carbocycles. The van der Waals surface area contributed by atoms with Crippen LogP contribution in [0.1, 0.15) is 31.2 Å². The van der Waals surface area contributed by atoms with Crippen LogP contribution in [0.15, 0.2) is 4.63 Å². The van der Waals surface area contributed by atoms with Gasteiger partial charge in [0.25, 0.3) is 0 Å². The molecule has 4 heteroatoms. The second-order valence-corrected chi connectivity index (χ2v) is 2.26. The van der Waals surface area contributed by atoms with Gasteiger partial charge in [-0.25, -0.2) is 4.63 Å². The van der Waals surface area contributed by atoms with Crippen LogP contribution < -0.4 is 0 Å². The third-order valence-corrected chi connectivity index (χ3v) is 1.17. The van der Waals surface area contributed by atoms with Crippen LogP contribution in [0.5, 0.6) is 0 Å². The molecule has 0 bridgehead atoms. The van der Waals surface area contributed by atoms with Gasteiger partial charge in [-0.1, -0.05) is 19.0 Å². The van der Waals surface area contributed by atoms with Gasteiger partial charge in [-0.15, -0.1) is 0 Å². The van der Waals surface area contributed by atoms with Crippen molar-refractivity contribution in [3.05, 3.63) is 11.4 Å². The van der Waals surface area contributed by atoms with Crippen molar-refractivity contribution in [3.8, 4) is 6.07 Å². The molecule has 0 aliphatic carbocycles. The maximum Gasteiger partial charge on any atom is 0.208 e. The highest BCUT2D eigenvalue weighted by Crippen LogP contribution is 2.13. The first kappa shape index (κ1) is 6.75. The predicted molar refractivity (Wildman–Crippen MR) is 33.1 cm³/mol. The van der Waals surface area contributed by atoms with Crippen molar-refractivity contribution in [1.82, 2.24) is 10.3 Å². The van der Waals surface area contributed by atoms with Gasteiger partial charge >= 0.3 is 0 Å². The van der Waals surface area contributed by atoms with Crippen molar-refractivity contribution < 1.29 is 4.63 Å². The summed E-state index contributed by atoms with van der Waals surface area (Å²) < 4.78 is 4.38. The van der Waals surface area contributed by atoms with Crippen LogP contribution in [0.4, 0.5) is 0 Å². The topological polar surface area (TPSA) is 62.7 Å². The maximum absolute atomic E-state index is 8.44. The molecule has 0 radical (unpaired) electrons. The Morgan fingerprint density at radius 1 is 1.50 bits per heavy atom. The Balaban J connectivity index is 3.05. The zero-order chi connectivity index (χ0) is 7.56. The summed E-state index contributed by atoms with van der Waals surface area (Å²) in [6, 6.07) is 1.89. The van der Waals surface area contributed by atoms with E-state index in [0.29, 0.717) is 5.69 Å². The number of nitrogens with zero attached hydrogens (tertiary/aromatic N) is 3. The summed E-state index contributed by atoms with van der Waals surface area (Å²) in [5, 5.41) is 15.4. The van der Waals surface area contributed by atoms with Crippen LogP contribution in [0, 0.1) is 11.3 Å². The van der Waals surface area contributed by atoms with E-state index >= 15 is 0 Å². The van der Waals surface area contributed by atoms with E-state index in [1.165, 1.54) is 0 Å². The molecule has 1 aromatic rings. The lowest BCUT2D eigenvalue weighted by molar-refractivity contribution is 0.301. The molecule has 1 heterocycles. The molecule has 0 unspecified atom stereocenters. The Kier molecular flexibility index (Phi) is 1.67. The van der Waals surface area contributed by atoms with Gasteiger partial charge in [0.05, 0.1) is 0 Å². The summed E-state index contributed by atoms with van der Waals surface area (Å²) in [5.41, 5.74) is 0.914. The third-order valence-electron chi connectivity index (χ3n) is 1.17. The first-order chi connectivity index (χ1) is 4.75. The minimum atomic E-state index is 0.195. The summed E-state index contributed by atoms with van der Waals surface area (Å²) in [6.07, 6.45) is 0. The molecule has 52 valence electrons. The van der Waals surface area contributed by atoms with Crippen LogP contribution >= 0.6 is 0 Å². The fourth-order valence-corrected chi connectivity index (χ4v) is 0.652. The Morgan fingerprint density at radius 3 is 2.60 bits per heavy atom. The molecule has 0 aliphatic heterocycles. The predicted octanol–water partition coefficient (Wildman–Crippen LogP) is 1.06. The van der Waals surface area contributed by atoms with Crippen LogP contribution in [0.2, 0.25) is 0 Å². The monoisotopic (exact) mass is 137 g/mol. The third kappa shape index (κ3) is 0.982. The molecule has 1 aromatic heterocycles. The lowest BCUT2D eigenvalue weighted by Crippen LogP contribution is -1.90. The summed E-state index contributed by atoms with van der Waals surface area (Å²) in [5.74, 6) is 0.195. The first-order valence-corrected chi connectivity index (χ1v) is 2.98. The average Bonchev–Trinajstić information content (AvgIpc) is 2.33. The van der Waals surface area contributed by atoms with E-state index in [9.17, 15) is 0 Å². The smallest absolute Gasteiger partial charge is 0.208 e. The van der Waals surface area contributed by atoms with Gasteiger partial charge < -0.3 is 0 Å². The van der Waals surface area contributed by atoms with Gasteiger partial charge in [-0.2, -0.15) is 5.26 Å². The molecule has 0 aromatic carbocycles. The minimum Gasteiger partial charge on any atom is -0.243 e.